The number of likely N-dealkylation sites (tertiary alicyclic amines) is 1. The van der Waals surface area contributed by atoms with Crippen LogP contribution in [0.1, 0.15) is 53.7 Å². The van der Waals surface area contributed by atoms with Gasteiger partial charge in [0.1, 0.15) is 0 Å². The zero-order valence-corrected chi connectivity index (χ0v) is 14.5. The Labute approximate surface area is 149 Å². The first-order valence-corrected chi connectivity index (χ1v) is 8.83. The molecule has 0 aliphatic carbocycles. The molecule has 1 heterocycles. The first-order valence-electron chi connectivity index (χ1n) is 8.83. The summed E-state index contributed by atoms with van der Waals surface area (Å²) in [6, 6.07) is 17.2. The van der Waals surface area contributed by atoms with Gasteiger partial charge in [0.2, 0.25) is 0 Å². The fourth-order valence-corrected chi connectivity index (χ4v) is 3.33. The van der Waals surface area contributed by atoms with Gasteiger partial charge in [-0.15, -0.1) is 0 Å². The zero-order chi connectivity index (χ0) is 17.6. The Hall–Kier alpha value is -2.64. The highest BCUT2D eigenvalue weighted by Gasteiger charge is 2.18. The minimum atomic E-state index is -0.195. The average Bonchev–Trinajstić information content (AvgIpc) is 2.68. The van der Waals surface area contributed by atoms with Gasteiger partial charge in [-0.25, -0.2) is 0 Å². The van der Waals surface area contributed by atoms with Crippen LogP contribution in [0.25, 0.3) is 0 Å². The van der Waals surface area contributed by atoms with Gasteiger partial charge in [0, 0.05) is 17.3 Å². The van der Waals surface area contributed by atoms with Crippen LogP contribution in [0.3, 0.4) is 0 Å². The van der Waals surface area contributed by atoms with Crippen LogP contribution in [-0.4, -0.2) is 23.9 Å². The average molecular weight is 333 g/mol. The van der Waals surface area contributed by atoms with E-state index in [9.17, 15) is 4.79 Å². The van der Waals surface area contributed by atoms with Crippen LogP contribution < -0.4 is 5.32 Å². The molecule has 4 heteroatoms. The second kappa shape index (κ2) is 7.96. The van der Waals surface area contributed by atoms with Crippen molar-refractivity contribution >= 4 is 11.6 Å². The van der Waals surface area contributed by atoms with Crippen molar-refractivity contribution in [3.63, 3.8) is 0 Å². The van der Waals surface area contributed by atoms with Crippen molar-refractivity contribution < 1.29 is 4.79 Å². The summed E-state index contributed by atoms with van der Waals surface area (Å²) in [6.45, 7) is 4.50. The quantitative estimate of drug-likeness (QED) is 0.904. The molecule has 1 aliphatic heterocycles. The van der Waals surface area contributed by atoms with E-state index in [1.807, 2.05) is 18.2 Å². The van der Waals surface area contributed by atoms with Crippen molar-refractivity contribution in [1.29, 1.82) is 5.26 Å². The molecule has 0 saturated carbocycles. The van der Waals surface area contributed by atoms with Crippen LogP contribution in [0.15, 0.2) is 48.5 Å². The van der Waals surface area contributed by atoms with Crippen molar-refractivity contribution in [2.45, 2.75) is 32.2 Å². The number of rotatable bonds is 4. The molecule has 25 heavy (non-hydrogen) atoms. The fraction of sp³-hybridized carbons (Fsp3) is 0.333. The monoisotopic (exact) mass is 333 g/mol. The van der Waals surface area contributed by atoms with E-state index in [0.29, 0.717) is 17.2 Å². The first kappa shape index (κ1) is 17.2. The van der Waals surface area contributed by atoms with Crippen molar-refractivity contribution in [2.75, 3.05) is 18.4 Å². The Balaban J connectivity index is 1.72. The summed E-state index contributed by atoms with van der Waals surface area (Å²) in [7, 11) is 0. The van der Waals surface area contributed by atoms with Gasteiger partial charge in [0.05, 0.1) is 11.6 Å². The summed E-state index contributed by atoms with van der Waals surface area (Å²) in [4.78, 5) is 14.9. The van der Waals surface area contributed by atoms with E-state index in [2.05, 4.69) is 29.3 Å². The molecule has 128 valence electrons. The molecule has 1 amide bonds. The smallest absolute Gasteiger partial charge is 0.255 e. The first-order chi connectivity index (χ1) is 12.2. The molecule has 0 bridgehead atoms. The number of nitrogens with one attached hydrogen (secondary N) is 1. The third kappa shape index (κ3) is 4.26. The van der Waals surface area contributed by atoms with Crippen LogP contribution >= 0.6 is 0 Å². The van der Waals surface area contributed by atoms with Crippen LogP contribution in [0.4, 0.5) is 5.69 Å². The number of benzene rings is 2. The molecule has 2 aromatic rings. The lowest BCUT2D eigenvalue weighted by molar-refractivity contribution is 0.102. The molecule has 1 N–H and O–H groups in total. The summed E-state index contributed by atoms with van der Waals surface area (Å²) in [5.41, 5.74) is 2.98. The summed E-state index contributed by atoms with van der Waals surface area (Å²) >= 11 is 0. The summed E-state index contributed by atoms with van der Waals surface area (Å²) in [5, 5.41) is 11.9. The Morgan fingerprint density at radius 3 is 2.64 bits per heavy atom. The van der Waals surface area contributed by atoms with E-state index in [-0.39, 0.29) is 5.91 Å². The number of piperidine rings is 1. The van der Waals surface area contributed by atoms with E-state index in [1.165, 1.54) is 24.8 Å². The normalized spacial score (nSPS) is 16.0. The van der Waals surface area contributed by atoms with Gasteiger partial charge in [0.15, 0.2) is 0 Å². The molecule has 1 atom stereocenters. The molecule has 0 radical (unpaired) electrons. The van der Waals surface area contributed by atoms with Gasteiger partial charge in [-0.05, 0) is 68.8 Å². The molecule has 0 spiro atoms. The Morgan fingerprint density at radius 2 is 1.88 bits per heavy atom. The molecule has 1 saturated heterocycles. The molecule has 3 rings (SSSR count). The van der Waals surface area contributed by atoms with Crippen LogP contribution in [0.2, 0.25) is 0 Å². The van der Waals surface area contributed by atoms with Gasteiger partial charge < -0.3 is 5.32 Å². The van der Waals surface area contributed by atoms with Gasteiger partial charge in [-0.3, -0.25) is 9.69 Å². The number of hydrogen-bond donors (Lipinski definition) is 1. The third-order valence-electron chi connectivity index (χ3n) is 4.82. The number of amides is 1. The predicted octanol–water partition coefficient (Wildman–Crippen LogP) is 4.36. The summed E-state index contributed by atoms with van der Waals surface area (Å²) in [6.07, 6.45) is 3.84. The van der Waals surface area contributed by atoms with E-state index in [1.54, 1.807) is 24.3 Å². The van der Waals surface area contributed by atoms with Gasteiger partial charge >= 0.3 is 0 Å². The molecule has 2 aromatic carbocycles. The number of carbonyl (C=O) groups excluding carboxylic acids is 1. The predicted molar refractivity (Wildman–Crippen MR) is 99.4 cm³/mol. The lowest BCUT2D eigenvalue weighted by Crippen LogP contribution is -2.32. The van der Waals surface area contributed by atoms with Crippen molar-refractivity contribution in [2.24, 2.45) is 0 Å². The SMILES string of the molecule is CC(c1cccc(NC(=O)c2cccc(C#N)c2)c1)N1CCCCC1. The number of carbonyl (C=O) groups is 1. The highest BCUT2D eigenvalue weighted by atomic mass is 16.1. The minimum absolute atomic E-state index is 0.195. The van der Waals surface area contributed by atoms with Crippen molar-refractivity contribution in [1.82, 2.24) is 4.90 Å². The molecule has 1 aliphatic rings. The number of anilines is 1. The zero-order valence-electron chi connectivity index (χ0n) is 14.5. The largest absolute Gasteiger partial charge is 0.322 e. The highest BCUT2D eigenvalue weighted by molar-refractivity contribution is 6.04. The van der Waals surface area contributed by atoms with E-state index >= 15 is 0 Å². The molecule has 1 fully saturated rings. The standard InChI is InChI=1S/C21H23N3O/c1-16(24-11-3-2-4-12-24)18-8-6-10-20(14-18)23-21(25)19-9-5-7-17(13-19)15-22/h5-10,13-14,16H,2-4,11-12H2,1H3,(H,23,25). The second-order valence-electron chi connectivity index (χ2n) is 6.54. The van der Waals surface area contributed by atoms with Crippen LogP contribution in [-0.2, 0) is 0 Å². The number of nitrogens with zero attached hydrogens (tertiary/aromatic N) is 2. The molecular weight excluding hydrogens is 310 g/mol. The molecular formula is C21H23N3O. The van der Waals surface area contributed by atoms with Gasteiger partial charge in [-0.2, -0.15) is 5.26 Å². The van der Waals surface area contributed by atoms with E-state index in [0.717, 1.165) is 18.8 Å². The maximum Gasteiger partial charge on any atom is 0.255 e. The van der Waals surface area contributed by atoms with Crippen molar-refractivity contribution in [3.8, 4) is 6.07 Å². The Morgan fingerprint density at radius 1 is 1.12 bits per heavy atom. The van der Waals surface area contributed by atoms with E-state index < -0.39 is 0 Å². The molecule has 4 nitrogen and oxygen atoms in total. The van der Waals surface area contributed by atoms with E-state index in [4.69, 9.17) is 5.26 Å². The topological polar surface area (TPSA) is 56.1 Å². The maximum absolute atomic E-state index is 12.4. The lowest BCUT2D eigenvalue weighted by Gasteiger charge is -2.32. The number of hydrogen-bond acceptors (Lipinski definition) is 3. The summed E-state index contributed by atoms with van der Waals surface area (Å²) in [5.74, 6) is -0.195. The van der Waals surface area contributed by atoms with Gasteiger partial charge in [0.25, 0.3) is 5.91 Å². The lowest BCUT2D eigenvalue weighted by atomic mass is 10.0. The highest BCUT2D eigenvalue weighted by Crippen LogP contribution is 2.26. The van der Waals surface area contributed by atoms with Crippen LogP contribution in [0, 0.1) is 11.3 Å². The molecule has 1 unspecified atom stereocenters. The third-order valence-corrected chi connectivity index (χ3v) is 4.82. The minimum Gasteiger partial charge on any atom is -0.322 e. The number of nitriles is 1. The second-order valence-corrected chi connectivity index (χ2v) is 6.54. The maximum atomic E-state index is 12.4. The fourth-order valence-electron chi connectivity index (χ4n) is 3.33. The Kier molecular flexibility index (Phi) is 5.47. The molecule has 0 aromatic heterocycles. The van der Waals surface area contributed by atoms with Gasteiger partial charge in [-0.1, -0.05) is 24.6 Å². The van der Waals surface area contributed by atoms with Crippen LogP contribution in [0.5, 0.6) is 0 Å². The van der Waals surface area contributed by atoms with Crippen molar-refractivity contribution in [3.05, 3.63) is 65.2 Å². The Bertz CT molecular complexity index is 788. The summed E-state index contributed by atoms with van der Waals surface area (Å²) < 4.78 is 0.